The molecule has 1 nitrogen and oxygen atoms in total. The van der Waals surface area contributed by atoms with Gasteiger partial charge in [-0.05, 0) is 112 Å². The molecule has 0 bridgehead atoms. The number of benzene rings is 9. The first kappa shape index (κ1) is 24.2. The molecule has 202 valence electrons. The average Bonchev–Trinajstić information content (AvgIpc) is 3.06. The predicted octanol–water partition coefficient (Wildman–Crippen LogP) is 11.5. The molecule has 2 heteroatoms. The van der Waals surface area contributed by atoms with Crippen LogP contribution in [0.25, 0.3) is 86.9 Å². The minimum atomic E-state index is -0.197. The van der Waals surface area contributed by atoms with Gasteiger partial charge in [-0.15, -0.1) is 0 Å². The molecule has 9 aromatic rings. The lowest BCUT2D eigenvalue weighted by Gasteiger charge is -2.20. The zero-order valence-corrected chi connectivity index (χ0v) is 23.5. The Labute approximate surface area is 247 Å². The van der Waals surface area contributed by atoms with Crippen LogP contribution in [0.4, 0.5) is 4.39 Å². The average molecular weight is 553 g/mol. The monoisotopic (exact) mass is 552 g/mol. The minimum absolute atomic E-state index is 0.197. The number of methoxy groups -OCH3 is 1. The highest BCUT2D eigenvalue weighted by Gasteiger charge is 2.20. The van der Waals surface area contributed by atoms with Crippen molar-refractivity contribution >= 4 is 64.6 Å². The van der Waals surface area contributed by atoms with Crippen LogP contribution in [0, 0.1) is 5.82 Å². The maximum absolute atomic E-state index is 14.9. The summed E-state index contributed by atoms with van der Waals surface area (Å²) in [4.78, 5) is 0. The Hall–Kier alpha value is -5.47. The standard InChI is InChI=1S/C41H25FO/c1-43-29-22-26-16-14-24-20-28(21-25-15-17-27(23-29)39(26)38(24)25)40-32-10-4-6-12-34(32)41(35-13-7-5-11-33(35)40)36-18-19-37(42)31-9-3-2-8-30(31)36/h2-23H,1H3. The Balaban J connectivity index is 1.40. The van der Waals surface area contributed by atoms with Gasteiger partial charge >= 0.3 is 0 Å². The van der Waals surface area contributed by atoms with Crippen LogP contribution in [0.2, 0.25) is 0 Å². The number of hydrogen-bond acceptors (Lipinski definition) is 1. The summed E-state index contributed by atoms with van der Waals surface area (Å²) in [6.07, 6.45) is 0. The highest BCUT2D eigenvalue weighted by Crippen LogP contribution is 2.47. The highest BCUT2D eigenvalue weighted by atomic mass is 19.1. The van der Waals surface area contributed by atoms with Gasteiger partial charge < -0.3 is 4.74 Å². The number of halogens is 1. The van der Waals surface area contributed by atoms with Crippen molar-refractivity contribution in [1.82, 2.24) is 0 Å². The van der Waals surface area contributed by atoms with Crippen molar-refractivity contribution in [2.24, 2.45) is 0 Å². The van der Waals surface area contributed by atoms with E-state index in [1.807, 2.05) is 30.3 Å². The molecule has 0 fully saturated rings. The molecule has 0 heterocycles. The second-order valence-corrected chi connectivity index (χ2v) is 11.4. The van der Waals surface area contributed by atoms with E-state index < -0.39 is 0 Å². The van der Waals surface area contributed by atoms with Crippen molar-refractivity contribution in [2.45, 2.75) is 0 Å². The van der Waals surface area contributed by atoms with E-state index in [1.54, 1.807) is 13.2 Å². The van der Waals surface area contributed by atoms with E-state index in [9.17, 15) is 4.39 Å². The molecule has 0 N–H and O–H groups in total. The van der Waals surface area contributed by atoms with Gasteiger partial charge in [0, 0.05) is 5.39 Å². The lowest BCUT2D eigenvalue weighted by molar-refractivity contribution is 0.416. The van der Waals surface area contributed by atoms with E-state index in [-0.39, 0.29) is 5.82 Å². The van der Waals surface area contributed by atoms with Crippen LogP contribution in [0.5, 0.6) is 5.75 Å². The van der Waals surface area contributed by atoms with E-state index in [1.165, 1.54) is 54.2 Å². The summed E-state index contributed by atoms with van der Waals surface area (Å²) in [6, 6.07) is 46.4. The second kappa shape index (κ2) is 9.01. The number of fused-ring (bicyclic) bond motifs is 3. The van der Waals surface area contributed by atoms with Gasteiger partial charge in [-0.3, -0.25) is 0 Å². The van der Waals surface area contributed by atoms with Crippen LogP contribution >= 0.6 is 0 Å². The zero-order chi connectivity index (χ0) is 28.7. The van der Waals surface area contributed by atoms with Crippen molar-refractivity contribution in [1.29, 1.82) is 0 Å². The van der Waals surface area contributed by atoms with E-state index >= 15 is 0 Å². The Bertz CT molecular complexity index is 2440. The Morgan fingerprint density at radius 3 is 1.40 bits per heavy atom. The van der Waals surface area contributed by atoms with Crippen molar-refractivity contribution in [3.05, 3.63) is 139 Å². The van der Waals surface area contributed by atoms with E-state index in [0.29, 0.717) is 5.39 Å². The first-order chi connectivity index (χ1) is 21.2. The molecule has 0 aliphatic heterocycles. The summed E-state index contributed by atoms with van der Waals surface area (Å²) in [6.45, 7) is 0. The van der Waals surface area contributed by atoms with Gasteiger partial charge in [-0.2, -0.15) is 0 Å². The molecule has 0 amide bonds. The van der Waals surface area contributed by atoms with Gasteiger partial charge in [0.1, 0.15) is 11.6 Å². The molecule has 0 saturated carbocycles. The summed E-state index contributed by atoms with van der Waals surface area (Å²) < 4.78 is 20.5. The van der Waals surface area contributed by atoms with E-state index in [2.05, 4.69) is 97.1 Å². The molecule has 0 unspecified atom stereocenters. The molecule has 0 aliphatic rings. The number of hydrogen-bond donors (Lipinski definition) is 0. The third-order valence-corrected chi connectivity index (χ3v) is 9.10. The number of rotatable bonds is 3. The van der Waals surface area contributed by atoms with Gasteiger partial charge in [-0.1, -0.05) is 103 Å². The molecule has 9 aromatic carbocycles. The summed E-state index contributed by atoms with van der Waals surface area (Å²) in [5.74, 6) is 0.676. The largest absolute Gasteiger partial charge is 0.497 e. The Kier molecular flexibility index (Phi) is 5.06. The molecule has 9 rings (SSSR count). The first-order valence-electron chi connectivity index (χ1n) is 14.6. The molecular formula is C41H25FO. The van der Waals surface area contributed by atoms with Crippen molar-refractivity contribution in [2.75, 3.05) is 7.11 Å². The molecule has 0 radical (unpaired) electrons. The molecule has 0 atom stereocenters. The molecule has 0 spiro atoms. The van der Waals surface area contributed by atoms with Gasteiger partial charge in [0.25, 0.3) is 0 Å². The summed E-state index contributed by atoms with van der Waals surface area (Å²) in [5, 5.41) is 13.6. The lowest BCUT2D eigenvalue weighted by Crippen LogP contribution is -1.93. The van der Waals surface area contributed by atoms with Crippen LogP contribution in [-0.4, -0.2) is 7.11 Å². The normalized spacial score (nSPS) is 12.0. The van der Waals surface area contributed by atoms with Crippen molar-refractivity contribution in [3.8, 4) is 28.0 Å². The highest BCUT2D eigenvalue weighted by molar-refractivity contribution is 6.27. The molecular weight excluding hydrogens is 527 g/mol. The van der Waals surface area contributed by atoms with Crippen LogP contribution in [0.1, 0.15) is 0 Å². The Morgan fingerprint density at radius 1 is 0.442 bits per heavy atom. The predicted molar refractivity (Wildman–Crippen MR) is 180 cm³/mol. The quantitative estimate of drug-likeness (QED) is 0.156. The fourth-order valence-electron chi connectivity index (χ4n) is 7.28. The number of ether oxygens (including phenoxy) is 1. The van der Waals surface area contributed by atoms with Crippen LogP contribution in [0.3, 0.4) is 0 Å². The fourth-order valence-corrected chi connectivity index (χ4v) is 7.28. The van der Waals surface area contributed by atoms with Crippen molar-refractivity contribution < 1.29 is 9.13 Å². The van der Waals surface area contributed by atoms with E-state index in [4.69, 9.17) is 4.74 Å². The second-order valence-electron chi connectivity index (χ2n) is 11.4. The van der Waals surface area contributed by atoms with Crippen LogP contribution in [0.15, 0.2) is 133 Å². The lowest BCUT2D eigenvalue weighted by atomic mass is 9.83. The first-order valence-corrected chi connectivity index (χ1v) is 14.6. The summed E-state index contributed by atoms with van der Waals surface area (Å²) in [5.41, 5.74) is 4.58. The zero-order valence-electron chi connectivity index (χ0n) is 23.5. The topological polar surface area (TPSA) is 9.23 Å². The maximum atomic E-state index is 14.9. The van der Waals surface area contributed by atoms with Gasteiger partial charge in [-0.25, -0.2) is 4.39 Å². The fraction of sp³-hybridized carbons (Fsp3) is 0.0244. The smallest absolute Gasteiger partial charge is 0.131 e. The molecule has 0 saturated heterocycles. The van der Waals surface area contributed by atoms with Gasteiger partial charge in [0.15, 0.2) is 0 Å². The Morgan fingerprint density at radius 2 is 0.884 bits per heavy atom. The third kappa shape index (κ3) is 3.44. The molecule has 0 aromatic heterocycles. The molecule has 0 aliphatic carbocycles. The molecule has 43 heavy (non-hydrogen) atoms. The maximum Gasteiger partial charge on any atom is 0.131 e. The summed E-state index contributed by atoms with van der Waals surface area (Å²) >= 11 is 0. The van der Waals surface area contributed by atoms with Gasteiger partial charge in [0.2, 0.25) is 0 Å². The third-order valence-electron chi connectivity index (χ3n) is 9.10. The SMILES string of the molecule is COc1cc2ccc3cc(-c4c5ccccc5c(-c5ccc(F)c6ccccc56)c5ccccc45)cc4ccc(c1)c2c34. The van der Waals surface area contributed by atoms with Crippen LogP contribution in [-0.2, 0) is 0 Å². The minimum Gasteiger partial charge on any atom is -0.497 e. The summed E-state index contributed by atoms with van der Waals surface area (Å²) in [7, 11) is 1.72. The van der Waals surface area contributed by atoms with E-state index in [0.717, 1.165) is 33.0 Å². The van der Waals surface area contributed by atoms with Crippen LogP contribution < -0.4 is 4.74 Å². The van der Waals surface area contributed by atoms with Gasteiger partial charge in [0.05, 0.1) is 7.11 Å². The van der Waals surface area contributed by atoms with Crippen molar-refractivity contribution in [3.63, 3.8) is 0 Å².